The Morgan fingerprint density at radius 2 is 1.76 bits per heavy atom. The molecular weight excluding hydrogens is 266 g/mol. The lowest BCUT2D eigenvalue weighted by molar-refractivity contribution is -0.134. The number of hydrogen-bond acceptors (Lipinski definition) is 4. The van der Waals surface area contributed by atoms with Crippen LogP contribution in [-0.4, -0.2) is 59.1 Å². The molecule has 0 aliphatic carbocycles. The van der Waals surface area contributed by atoms with E-state index < -0.39 is 6.04 Å². The van der Waals surface area contributed by atoms with Gasteiger partial charge in [-0.15, -0.1) is 0 Å². The van der Waals surface area contributed by atoms with Gasteiger partial charge in [0.25, 0.3) is 0 Å². The number of hydrogen-bond donors (Lipinski definition) is 2. The van der Waals surface area contributed by atoms with Gasteiger partial charge in [0, 0.05) is 32.2 Å². The molecule has 5 nitrogen and oxygen atoms in total. The van der Waals surface area contributed by atoms with Gasteiger partial charge in [-0.1, -0.05) is 12.1 Å². The molecule has 1 aliphatic heterocycles. The van der Waals surface area contributed by atoms with Crippen LogP contribution in [0.1, 0.15) is 19.4 Å². The van der Waals surface area contributed by atoms with Crippen molar-refractivity contribution < 1.29 is 9.90 Å². The molecule has 1 aliphatic rings. The number of nitrogens with zero attached hydrogens (tertiary/aromatic N) is 2. The summed E-state index contributed by atoms with van der Waals surface area (Å²) < 4.78 is 0. The van der Waals surface area contributed by atoms with Crippen molar-refractivity contribution in [3.05, 3.63) is 29.8 Å². The molecule has 0 saturated carbocycles. The van der Waals surface area contributed by atoms with E-state index in [-0.39, 0.29) is 11.7 Å². The van der Waals surface area contributed by atoms with Crippen molar-refractivity contribution in [2.45, 2.75) is 32.4 Å². The molecule has 1 fully saturated rings. The summed E-state index contributed by atoms with van der Waals surface area (Å²) in [5.74, 6) is 0.245. The molecule has 1 amide bonds. The number of aromatic hydroxyl groups is 1. The van der Waals surface area contributed by atoms with E-state index in [1.807, 2.05) is 4.90 Å². The van der Waals surface area contributed by atoms with Gasteiger partial charge in [0.2, 0.25) is 5.91 Å². The zero-order valence-electron chi connectivity index (χ0n) is 12.8. The number of piperazine rings is 1. The van der Waals surface area contributed by atoms with Crippen molar-refractivity contribution in [1.82, 2.24) is 9.80 Å². The summed E-state index contributed by atoms with van der Waals surface area (Å²) in [6, 6.07) is 6.85. The number of benzene rings is 1. The molecule has 0 spiro atoms. The fraction of sp³-hybridized carbons (Fsp3) is 0.562. The minimum Gasteiger partial charge on any atom is -0.508 e. The van der Waals surface area contributed by atoms with E-state index in [0.29, 0.717) is 12.5 Å². The molecule has 1 unspecified atom stereocenters. The van der Waals surface area contributed by atoms with Gasteiger partial charge in [-0.05, 0) is 38.0 Å². The second-order valence-electron chi connectivity index (χ2n) is 5.93. The second kappa shape index (κ2) is 6.91. The Morgan fingerprint density at radius 1 is 1.19 bits per heavy atom. The Morgan fingerprint density at radius 3 is 2.29 bits per heavy atom. The van der Waals surface area contributed by atoms with Crippen LogP contribution >= 0.6 is 0 Å². The SMILES string of the molecule is CC(C)N1CCN(C(=O)C(N)Cc2ccc(O)cc2)CC1. The topological polar surface area (TPSA) is 69.8 Å². The number of nitrogens with two attached hydrogens (primary N) is 1. The molecule has 1 heterocycles. The fourth-order valence-corrected chi connectivity index (χ4v) is 2.67. The van der Waals surface area contributed by atoms with Gasteiger partial charge in [-0.25, -0.2) is 0 Å². The third-order valence-corrected chi connectivity index (χ3v) is 4.07. The summed E-state index contributed by atoms with van der Waals surface area (Å²) in [7, 11) is 0. The van der Waals surface area contributed by atoms with E-state index in [2.05, 4.69) is 18.7 Å². The lowest BCUT2D eigenvalue weighted by Crippen LogP contribution is -2.54. The Labute approximate surface area is 126 Å². The minimum atomic E-state index is -0.514. The molecule has 0 aromatic heterocycles. The minimum absolute atomic E-state index is 0.0199. The smallest absolute Gasteiger partial charge is 0.239 e. The van der Waals surface area contributed by atoms with Gasteiger partial charge < -0.3 is 15.7 Å². The van der Waals surface area contributed by atoms with Crippen LogP contribution in [-0.2, 0) is 11.2 Å². The Hall–Kier alpha value is -1.59. The van der Waals surface area contributed by atoms with Gasteiger partial charge in [-0.3, -0.25) is 9.69 Å². The van der Waals surface area contributed by atoms with Gasteiger partial charge in [-0.2, -0.15) is 0 Å². The van der Waals surface area contributed by atoms with Crippen LogP contribution in [0.3, 0.4) is 0 Å². The first-order chi connectivity index (χ1) is 9.97. The standard InChI is InChI=1S/C16H25N3O2/c1-12(2)18-7-9-19(10-8-18)16(21)15(17)11-13-3-5-14(20)6-4-13/h3-6,12,15,20H,7-11,17H2,1-2H3. The maximum absolute atomic E-state index is 12.4. The molecule has 5 heteroatoms. The van der Waals surface area contributed by atoms with Crippen molar-refractivity contribution in [3.8, 4) is 5.75 Å². The summed E-state index contributed by atoms with van der Waals surface area (Å²) in [5, 5.41) is 9.26. The van der Waals surface area contributed by atoms with Crippen molar-refractivity contribution in [2.75, 3.05) is 26.2 Å². The van der Waals surface area contributed by atoms with Crippen molar-refractivity contribution in [2.24, 2.45) is 5.73 Å². The highest BCUT2D eigenvalue weighted by atomic mass is 16.3. The maximum atomic E-state index is 12.4. The molecule has 1 atom stereocenters. The summed E-state index contributed by atoms with van der Waals surface area (Å²) in [6.07, 6.45) is 0.503. The molecular formula is C16H25N3O2. The number of phenols is 1. The first-order valence-corrected chi connectivity index (χ1v) is 7.53. The van der Waals surface area contributed by atoms with Crippen LogP contribution in [0.15, 0.2) is 24.3 Å². The third-order valence-electron chi connectivity index (χ3n) is 4.07. The Kier molecular flexibility index (Phi) is 5.20. The third kappa shape index (κ3) is 4.19. The van der Waals surface area contributed by atoms with Gasteiger partial charge in [0.15, 0.2) is 0 Å². The first-order valence-electron chi connectivity index (χ1n) is 7.53. The van der Waals surface area contributed by atoms with Crippen molar-refractivity contribution >= 4 is 5.91 Å². The molecule has 3 N–H and O–H groups in total. The number of carbonyl (C=O) groups is 1. The summed E-state index contributed by atoms with van der Waals surface area (Å²) >= 11 is 0. The fourth-order valence-electron chi connectivity index (χ4n) is 2.67. The highest BCUT2D eigenvalue weighted by molar-refractivity contribution is 5.82. The average molecular weight is 291 g/mol. The molecule has 1 aromatic carbocycles. The van der Waals surface area contributed by atoms with Crippen LogP contribution in [0, 0.1) is 0 Å². The zero-order chi connectivity index (χ0) is 15.4. The number of rotatable bonds is 4. The van der Waals surface area contributed by atoms with Crippen LogP contribution < -0.4 is 5.73 Å². The molecule has 1 saturated heterocycles. The average Bonchev–Trinajstić information content (AvgIpc) is 2.49. The maximum Gasteiger partial charge on any atom is 0.239 e. The van der Waals surface area contributed by atoms with Gasteiger partial charge >= 0.3 is 0 Å². The van der Waals surface area contributed by atoms with Crippen LogP contribution in [0.2, 0.25) is 0 Å². The normalized spacial score (nSPS) is 18.0. The monoisotopic (exact) mass is 291 g/mol. The Bertz CT molecular complexity index is 465. The van der Waals surface area contributed by atoms with E-state index in [4.69, 9.17) is 5.73 Å². The number of amides is 1. The molecule has 2 rings (SSSR count). The summed E-state index contributed by atoms with van der Waals surface area (Å²) in [5.41, 5.74) is 7.01. The van der Waals surface area contributed by atoms with Gasteiger partial charge in [0.05, 0.1) is 6.04 Å². The van der Waals surface area contributed by atoms with Crippen LogP contribution in [0.25, 0.3) is 0 Å². The molecule has 1 aromatic rings. The Balaban J connectivity index is 1.87. The lowest BCUT2D eigenvalue weighted by atomic mass is 10.0. The molecule has 0 radical (unpaired) electrons. The van der Waals surface area contributed by atoms with E-state index >= 15 is 0 Å². The van der Waals surface area contributed by atoms with Crippen molar-refractivity contribution in [1.29, 1.82) is 0 Å². The van der Waals surface area contributed by atoms with Crippen LogP contribution in [0.5, 0.6) is 5.75 Å². The predicted molar refractivity (Wildman–Crippen MR) is 83.1 cm³/mol. The van der Waals surface area contributed by atoms with E-state index in [1.54, 1.807) is 24.3 Å². The largest absolute Gasteiger partial charge is 0.508 e. The second-order valence-corrected chi connectivity index (χ2v) is 5.93. The van der Waals surface area contributed by atoms with E-state index in [0.717, 1.165) is 31.7 Å². The van der Waals surface area contributed by atoms with Crippen molar-refractivity contribution in [3.63, 3.8) is 0 Å². The highest BCUT2D eigenvalue weighted by Crippen LogP contribution is 2.12. The summed E-state index contributed by atoms with van der Waals surface area (Å²) in [4.78, 5) is 16.6. The van der Waals surface area contributed by atoms with Crippen LogP contribution in [0.4, 0.5) is 0 Å². The highest BCUT2D eigenvalue weighted by Gasteiger charge is 2.26. The lowest BCUT2D eigenvalue weighted by Gasteiger charge is -2.37. The summed E-state index contributed by atoms with van der Waals surface area (Å²) in [6.45, 7) is 7.67. The first kappa shape index (κ1) is 15.8. The number of carbonyl (C=O) groups excluding carboxylic acids is 1. The molecule has 21 heavy (non-hydrogen) atoms. The quantitative estimate of drug-likeness (QED) is 0.861. The molecule has 0 bridgehead atoms. The van der Waals surface area contributed by atoms with E-state index in [1.165, 1.54) is 0 Å². The zero-order valence-corrected chi connectivity index (χ0v) is 12.8. The van der Waals surface area contributed by atoms with E-state index in [9.17, 15) is 9.90 Å². The number of phenolic OH excluding ortho intramolecular Hbond substituents is 1. The molecule has 116 valence electrons. The van der Waals surface area contributed by atoms with Gasteiger partial charge in [0.1, 0.15) is 5.75 Å². The predicted octanol–water partition coefficient (Wildman–Crippen LogP) is 0.815.